The molecule has 0 saturated heterocycles. The standard InChI is InChI=1S/C19H38O2S.Sn.4H/c1-3-5-7-9-11-13-15-18(22)17-19(20)21-16-14-12-10-8-6-4-2;;;;;/h18,22H,3-17H2,1-2H3;;;;;. The topological polar surface area (TPSA) is 26.3 Å². The number of hydrogen-bond donors (Lipinski definition) is 1. The number of esters is 1. The van der Waals surface area contributed by atoms with Crippen LogP contribution in [0.25, 0.3) is 0 Å². The summed E-state index contributed by atoms with van der Waals surface area (Å²) >= 11 is 4.51. The van der Waals surface area contributed by atoms with Gasteiger partial charge in [-0.05, 0) is 12.8 Å². The van der Waals surface area contributed by atoms with Crippen molar-refractivity contribution in [3.63, 3.8) is 0 Å². The third-order valence-corrected chi connectivity index (χ3v) is 4.49. The predicted octanol–water partition coefficient (Wildman–Crippen LogP) is 4.88. The van der Waals surface area contributed by atoms with E-state index in [9.17, 15) is 4.79 Å². The van der Waals surface area contributed by atoms with Gasteiger partial charge in [0.25, 0.3) is 0 Å². The number of carbonyl (C=O) groups excluding carboxylic acids is 1. The van der Waals surface area contributed by atoms with Gasteiger partial charge in [-0.15, -0.1) is 0 Å². The zero-order chi connectivity index (χ0) is 16.5. The summed E-state index contributed by atoms with van der Waals surface area (Å²) in [4.78, 5) is 11.7. The van der Waals surface area contributed by atoms with E-state index < -0.39 is 0 Å². The minimum absolute atomic E-state index is 0. The average Bonchev–Trinajstić information content (AvgIpc) is 2.50. The van der Waals surface area contributed by atoms with E-state index in [0.29, 0.717) is 13.0 Å². The van der Waals surface area contributed by atoms with Crippen LogP contribution in [-0.2, 0) is 9.53 Å². The van der Waals surface area contributed by atoms with E-state index in [1.165, 1.54) is 70.6 Å². The molecule has 1 atom stereocenters. The van der Waals surface area contributed by atoms with Crippen molar-refractivity contribution in [2.75, 3.05) is 6.61 Å². The number of rotatable bonds is 16. The van der Waals surface area contributed by atoms with E-state index in [-0.39, 0.29) is 35.1 Å². The molecule has 0 rings (SSSR count). The van der Waals surface area contributed by atoms with Crippen molar-refractivity contribution in [3.8, 4) is 0 Å². The van der Waals surface area contributed by atoms with Crippen LogP contribution in [0, 0.1) is 0 Å². The average molecular weight is 453 g/mol. The molecule has 0 fully saturated rings. The van der Waals surface area contributed by atoms with Crippen molar-refractivity contribution in [1.82, 2.24) is 0 Å². The van der Waals surface area contributed by atoms with Gasteiger partial charge in [0.05, 0.1) is 13.0 Å². The molecule has 0 bridgehead atoms. The summed E-state index contributed by atoms with van der Waals surface area (Å²) < 4.78 is 5.29. The Morgan fingerprint density at radius 3 is 1.87 bits per heavy atom. The number of carbonyl (C=O) groups is 1. The van der Waals surface area contributed by atoms with Gasteiger partial charge in [0.15, 0.2) is 0 Å². The van der Waals surface area contributed by atoms with Gasteiger partial charge in [0, 0.05) is 5.25 Å². The Bertz CT molecular complexity index is 250. The van der Waals surface area contributed by atoms with Crippen LogP contribution in [0.5, 0.6) is 0 Å². The molecule has 0 aliphatic rings. The van der Waals surface area contributed by atoms with Gasteiger partial charge in [-0.1, -0.05) is 84.5 Å². The molecule has 0 aromatic rings. The second-order valence-electron chi connectivity index (χ2n) is 6.40. The molecule has 2 nitrogen and oxygen atoms in total. The van der Waals surface area contributed by atoms with Crippen LogP contribution in [0.4, 0.5) is 0 Å². The van der Waals surface area contributed by atoms with Gasteiger partial charge >= 0.3 is 29.9 Å². The fraction of sp³-hybridized carbons (Fsp3) is 0.947. The summed E-state index contributed by atoms with van der Waals surface area (Å²) in [6, 6.07) is 0. The van der Waals surface area contributed by atoms with E-state index in [4.69, 9.17) is 4.74 Å². The summed E-state index contributed by atoms with van der Waals surface area (Å²) in [5.74, 6) is -0.0699. The van der Waals surface area contributed by atoms with Crippen molar-refractivity contribution < 1.29 is 9.53 Å². The molecule has 0 aromatic carbocycles. The third-order valence-electron chi connectivity index (χ3n) is 4.05. The van der Waals surface area contributed by atoms with Crippen LogP contribution in [0.1, 0.15) is 104 Å². The SMILES string of the molecule is CCCCCCCCOC(=O)CC(S)CCCCCCCC.[SnH4]. The Morgan fingerprint density at radius 2 is 1.30 bits per heavy atom. The van der Waals surface area contributed by atoms with Crippen LogP contribution < -0.4 is 0 Å². The molecule has 140 valence electrons. The van der Waals surface area contributed by atoms with Crippen LogP contribution in [0.3, 0.4) is 0 Å². The van der Waals surface area contributed by atoms with E-state index >= 15 is 0 Å². The Kier molecular flexibility index (Phi) is 23.2. The monoisotopic (exact) mass is 454 g/mol. The van der Waals surface area contributed by atoms with Gasteiger partial charge in [0.1, 0.15) is 0 Å². The fourth-order valence-corrected chi connectivity index (χ4v) is 2.91. The van der Waals surface area contributed by atoms with Crippen LogP contribution in [0.15, 0.2) is 0 Å². The first-order valence-corrected chi connectivity index (χ1v) is 10.1. The molecule has 23 heavy (non-hydrogen) atoms. The van der Waals surface area contributed by atoms with Gasteiger partial charge in [0.2, 0.25) is 0 Å². The Hall–Kier alpha value is 0.619. The molecule has 0 aliphatic heterocycles. The van der Waals surface area contributed by atoms with Gasteiger partial charge in [-0.3, -0.25) is 4.79 Å². The molecule has 0 heterocycles. The van der Waals surface area contributed by atoms with E-state index in [1.54, 1.807) is 0 Å². The molecule has 0 spiro atoms. The Balaban J connectivity index is 0. The first-order valence-electron chi connectivity index (χ1n) is 9.54. The summed E-state index contributed by atoms with van der Waals surface area (Å²) in [6.07, 6.45) is 16.6. The molecule has 0 aliphatic carbocycles. The van der Waals surface area contributed by atoms with E-state index in [0.717, 1.165) is 12.8 Å². The van der Waals surface area contributed by atoms with Crippen molar-refractivity contribution in [2.24, 2.45) is 0 Å². The molecule has 0 radical (unpaired) electrons. The van der Waals surface area contributed by atoms with Gasteiger partial charge < -0.3 is 4.74 Å². The Morgan fingerprint density at radius 1 is 0.826 bits per heavy atom. The van der Waals surface area contributed by atoms with E-state index in [2.05, 4.69) is 26.5 Å². The normalized spacial score (nSPS) is 11.8. The number of hydrogen-bond acceptors (Lipinski definition) is 3. The predicted molar refractivity (Wildman–Crippen MR) is 111 cm³/mol. The molecular formula is C19H42O2SSn. The van der Waals surface area contributed by atoms with Crippen LogP contribution in [-0.4, -0.2) is 41.7 Å². The molecule has 1 unspecified atom stereocenters. The molecule has 0 aromatic heterocycles. The molecule has 0 N–H and O–H groups in total. The second kappa shape index (κ2) is 20.7. The van der Waals surface area contributed by atoms with Crippen molar-refractivity contribution in [1.29, 1.82) is 0 Å². The summed E-state index contributed by atoms with van der Waals surface area (Å²) in [7, 11) is 0. The van der Waals surface area contributed by atoms with Crippen LogP contribution in [0.2, 0.25) is 0 Å². The molecule has 4 heteroatoms. The van der Waals surface area contributed by atoms with Crippen LogP contribution >= 0.6 is 12.6 Å². The van der Waals surface area contributed by atoms with Crippen molar-refractivity contribution in [2.45, 2.75) is 109 Å². The first kappa shape index (κ1) is 25.9. The summed E-state index contributed by atoms with van der Waals surface area (Å²) in [6.45, 7) is 5.05. The van der Waals surface area contributed by atoms with Gasteiger partial charge in [-0.25, -0.2) is 0 Å². The maximum absolute atomic E-state index is 11.7. The number of unbranched alkanes of at least 4 members (excludes halogenated alkanes) is 10. The van der Waals surface area contributed by atoms with Crippen molar-refractivity contribution >= 4 is 42.5 Å². The fourth-order valence-electron chi connectivity index (χ4n) is 2.58. The third kappa shape index (κ3) is 20.6. The number of thiol groups is 1. The Labute approximate surface area is 167 Å². The number of ether oxygens (including phenoxy) is 1. The molecule has 0 saturated carbocycles. The quantitative estimate of drug-likeness (QED) is 0.156. The molecule has 0 amide bonds. The zero-order valence-electron chi connectivity index (χ0n) is 14.9. The zero-order valence-corrected chi connectivity index (χ0v) is 15.8. The minimum atomic E-state index is -0.0699. The summed E-state index contributed by atoms with van der Waals surface area (Å²) in [5.41, 5.74) is 0. The summed E-state index contributed by atoms with van der Waals surface area (Å²) in [5, 5.41) is 0.170. The van der Waals surface area contributed by atoms with E-state index in [1.807, 2.05) is 0 Å². The molecular weight excluding hydrogens is 411 g/mol. The van der Waals surface area contributed by atoms with Gasteiger partial charge in [-0.2, -0.15) is 12.6 Å². The maximum atomic E-state index is 11.7. The first-order chi connectivity index (χ1) is 10.7. The van der Waals surface area contributed by atoms with Crippen molar-refractivity contribution in [3.05, 3.63) is 0 Å². The second-order valence-corrected chi connectivity index (χ2v) is 7.13.